The van der Waals surface area contributed by atoms with E-state index in [0.29, 0.717) is 6.61 Å². The highest BCUT2D eigenvalue weighted by molar-refractivity contribution is 7.91. The van der Waals surface area contributed by atoms with Gasteiger partial charge in [0.2, 0.25) is 0 Å². The van der Waals surface area contributed by atoms with Crippen LogP contribution < -0.4 is 4.74 Å². The van der Waals surface area contributed by atoms with Gasteiger partial charge in [-0.3, -0.25) is 0 Å². The Morgan fingerprint density at radius 1 is 1.38 bits per heavy atom. The van der Waals surface area contributed by atoms with Crippen LogP contribution in [-0.2, 0) is 14.6 Å². The van der Waals surface area contributed by atoms with E-state index in [9.17, 15) is 13.2 Å². The van der Waals surface area contributed by atoms with E-state index in [1.54, 1.807) is 12.1 Å². The monoisotopic (exact) mass is 314 g/mol. The molecule has 1 saturated heterocycles. The Morgan fingerprint density at radius 2 is 2.14 bits per heavy atom. The normalized spacial score (nSPS) is 18.6. The Morgan fingerprint density at radius 3 is 2.81 bits per heavy atom. The van der Waals surface area contributed by atoms with Crippen LogP contribution in [0.3, 0.4) is 0 Å². The van der Waals surface area contributed by atoms with Gasteiger partial charge < -0.3 is 14.6 Å². The Balaban J connectivity index is 1.87. The number of carboxylic acid groups (broad SMARTS) is 1. The smallest absolute Gasteiger partial charge is 0.339 e. The average Bonchev–Trinajstić information content (AvgIpc) is 2.91. The highest BCUT2D eigenvalue weighted by Crippen LogP contribution is 2.18. The van der Waals surface area contributed by atoms with E-state index in [4.69, 9.17) is 14.6 Å². The molecule has 1 unspecified atom stereocenters. The number of para-hydroxylation sites is 1. The van der Waals surface area contributed by atoms with Crippen molar-refractivity contribution in [2.45, 2.75) is 18.9 Å². The lowest BCUT2D eigenvalue weighted by molar-refractivity contribution is 0.0692. The van der Waals surface area contributed by atoms with Gasteiger partial charge in [-0.2, -0.15) is 0 Å². The summed E-state index contributed by atoms with van der Waals surface area (Å²) in [6.07, 6.45) is 1.44. The van der Waals surface area contributed by atoms with Gasteiger partial charge in [-0.25, -0.2) is 13.2 Å². The number of ether oxygens (including phenoxy) is 2. The summed E-state index contributed by atoms with van der Waals surface area (Å²) in [5.74, 6) is -1.08. The molecule has 1 fully saturated rings. The lowest BCUT2D eigenvalue weighted by Crippen LogP contribution is -2.25. The predicted molar refractivity (Wildman–Crippen MR) is 76.5 cm³/mol. The fourth-order valence-electron chi connectivity index (χ4n) is 2.19. The summed E-state index contributed by atoms with van der Waals surface area (Å²) in [5, 5.41) is 9.00. The molecule has 0 bridgehead atoms. The van der Waals surface area contributed by atoms with Crippen LogP contribution >= 0.6 is 0 Å². The first-order valence-electron chi connectivity index (χ1n) is 6.75. The van der Waals surface area contributed by atoms with Crippen molar-refractivity contribution in [2.75, 3.05) is 24.7 Å². The lowest BCUT2D eigenvalue weighted by Gasteiger charge is -2.11. The van der Waals surface area contributed by atoms with Gasteiger partial charge in [-0.1, -0.05) is 12.1 Å². The minimum atomic E-state index is -3.27. The maximum absolute atomic E-state index is 11.9. The summed E-state index contributed by atoms with van der Waals surface area (Å²) in [7, 11) is -3.27. The van der Waals surface area contributed by atoms with E-state index in [0.717, 1.165) is 12.8 Å². The summed E-state index contributed by atoms with van der Waals surface area (Å²) in [5.41, 5.74) is 0.0222. The second-order valence-corrected chi connectivity index (χ2v) is 7.13. The van der Waals surface area contributed by atoms with E-state index in [-0.39, 0.29) is 35.5 Å². The fourth-order valence-corrected chi connectivity index (χ4v) is 3.52. The minimum Gasteiger partial charge on any atom is -0.492 e. The molecule has 1 aromatic rings. The van der Waals surface area contributed by atoms with Crippen molar-refractivity contribution in [1.82, 2.24) is 0 Å². The molecular weight excluding hydrogens is 296 g/mol. The third kappa shape index (κ3) is 4.71. The Hall–Kier alpha value is -1.60. The summed E-state index contributed by atoms with van der Waals surface area (Å²) in [6, 6.07) is 6.15. The van der Waals surface area contributed by atoms with Crippen LogP contribution in [0.4, 0.5) is 0 Å². The number of carboxylic acids is 1. The number of sulfone groups is 1. The van der Waals surface area contributed by atoms with Gasteiger partial charge in [-0.05, 0) is 25.0 Å². The lowest BCUT2D eigenvalue weighted by atomic mass is 10.2. The Labute approximate surface area is 123 Å². The molecule has 7 heteroatoms. The molecule has 21 heavy (non-hydrogen) atoms. The number of benzene rings is 1. The van der Waals surface area contributed by atoms with Crippen LogP contribution in [0.2, 0.25) is 0 Å². The zero-order chi connectivity index (χ0) is 15.3. The molecule has 0 spiro atoms. The van der Waals surface area contributed by atoms with Crippen molar-refractivity contribution < 1.29 is 27.8 Å². The third-order valence-electron chi connectivity index (χ3n) is 3.23. The zero-order valence-corrected chi connectivity index (χ0v) is 12.3. The SMILES string of the molecule is O=C(O)c1ccccc1OCCS(=O)(=O)CC1CCCO1. The molecule has 1 aliphatic heterocycles. The topological polar surface area (TPSA) is 89.9 Å². The molecule has 0 aromatic heterocycles. The maximum atomic E-state index is 11.9. The van der Waals surface area contributed by atoms with Crippen molar-refractivity contribution >= 4 is 15.8 Å². The molecule has 1 aliphatic rings. The van der Waals surface area contributed by atoms with Crippen LogP contribution in [0.15, 0.2) is 24.3 Å². The number of carbonyl (C=O) groups is 1. The van der Waals surface area contributed by atoms with Gasteiger partial charge in [0.05, 0.1) is 17.6 Å². The summed E-state index contributed by atoms with van der Waals surface area (Å²) in [4.78, 5) is 11.0. The van der Waals surface area contributed by atoms with E-state index < -0.39 is 15.8 Å². The van der Waals surface area contributed by atoms with Crippen molar-refractivity contribution in [3.63, 3.8) is 0 Å². The first-order valence-corrected chi connectivity index (χ1v) is 8.57. The van der Waals surface area contributed by atoms with E-state index >= 15 is 0 Å². The Bertz CT molecular complexity index is 589. The van der Waals surface area contributed by atoms with Crippen LogP contribution in [-0.4, -0.2) is 50.3 Å². The molecule has 6 nitrogen and oxygen atoms in total. The van der Waals surface area contributed by atoms with Crippen LogP contribution in [0.5, 0.6) is 5.75 Å². The molecule has 1 heterocycles. The largest absolute Gasteiger partial charge is 0.492 e. The third-order valence-corrected chi connectivity index (χ3v) is 4.90. The van der Waals surface area contributed by atoms with Crippen LogP contribution in [0, 0.1) is 0 Å². The second kappa shape index (κ2) is 6.91. The van der Waals surface area contributed by atoms with Gasteiger partial charge in [0.25, 0.3) is 0 Å². The molecule has 1 N–H and O–H groups in total. The van der Waals surface area contributed by atoms with Crippen molar-refractivity contribution in [2.24, 2.45) is 0 Å². The van der Waals surface area contributed by atoms with Gasteiger partial charge in [0.1, 0.15) is 17.9 Å². The van der Waals surface area contributed by atoms with Gasteiger partial charge in [-0.15, -0.1) is 0 Å². The van der Waals surface area contributed by atoms with Gasteiger partial charge in [0.15, 0.2) is 9.84 Å². The van der Waals surface area contributed by atoms with Gasteiger partial charge in [0, 0.05) is 6.61 Å². The standard InChI is InChI=1S/C14H18O6S/c15-14(16)12-5-1-2-6-13(12)20-8-9-21(17,18)10-11-4-3-7-19-11/h1-2,5-6,11H,3-4,7-10H2,(H,15,16). The van der Waals surface area contributed by atoms with E-state index in [1.807, 2.05) is 0 Å². The summed E-state index contributed by atoms with van der Waals surface area (Å²) < 4.78 is 34.4. The van der Waals surface area contributed by atoms with Crippen molar-refractivity contribution in [3.05, 3.63) is 29.8 Å². The molecule has 2 rings (SSSR count). The Kier molecular flexibility index (Phi) is 5.19. The first kappa shape index (κ1) is 15.8. The van der Waals surface area contributed by atoms with Gasteiger partial charge >= 0.3 is 5.97 Å². The summed E-state index contributed by atoms with van der Waals surface area (Å²) in [6.45, 7) is 0.544. The second-order valence-electron chi connectivity index (χ2n) is 4.90. The number of hydrogen-bond acceptors (Lipinski definition) is 5. The molecule has 0 amide bonds. The molecule has 0 saturated carbocycles. The molecular formula is C14H18O6S. The number of aromatic carboxylic acids is 1. The maximum Gasteiger partial charge on any atom is 0.339 e. The zero-order valence-electron chi connectivity index (χ0n) is 11.5. The molecule has 0 radical (unpaired) electrons. The average molecular weight is 314 g/mol. The molecule has 0 aliphatic carbocycles. The highest BCUT2D eigenvalue weighted by Gasteiger charge is 2.23. The highest BCUT2D eigenvalue weighted by atomic mass is 32.2. The number of hydrogen-bond donors (Lipinski definition) is 1. The predicted octanol–water partition coefficient (Wildman–Crippen LogP) is 1.36. The molecule has 116 valence electrons. The van der Waals surface area contributed by atoms with E-state index in [2.05, 4.69) is 0 Å². The first-order chi connectivity index (χ1) is 9.98. The molecule has 1 aromatic carbocycles. The van der Waals surface area contributed by atoms with Crippen molar-refractivity contribution in [1.29, 1.82) is 0 Å². The fraction of sp³-hybridized carbons (Fsp3) is 0.500. The van der Waals surface area contributed by atoms with Crippen molar-refractivity contribution in [3.8, 4) is 5.75 Å². The van der Waals surface area contributed by atoms with Crippen LogP contribution in [0.25, 0.3) is 0 Å². The summed E-state index contributed by atoms with van der Waals surface area (Å²) >= 11 is 0. The minimum absolute atomic E-state index is 0.00304. The van der Waals surface area contributed by atoms with Crippen LogP contribution in [0.1, 0.15) is 23.2 Å². The quantitative estimate of drug-likeness (QED) is 0.817. The number of rotatable bonds is 7. The molecule has 1 atom stereocenters. The van der Waals surface area contributed by atoms with E-state index in [1.165, 1.54) is 12.1 Å².